The number of fused-ring (bicyclic) bond motifs is 1. The fourth-order valence-corrected chi connectivity index (χ4v) is 2.23. The minimum absolute atomic E-state index is 0.00974. The van der Waals surface area contributed by atoms with Gasteiger partial charge in [0.25, 0.3) is 0 Å². The number of aromatic nitrogens is 2. The second kappa shape index (κ2) is 5.65. The number of benzene rings is 2. The fraction of sp³-hybridized carbons (Fsp3) is 0.0667. The monoisotopic (exact) mass is 319 g/mol. The van der Waals surface area contributed by atoms with E-state index in [0.29, 0.717) is 28.2 Å². The number of methoxy groups -OCH3 is 1. The minimum Gasteiger partial charge on any atom is -0.504 e. The van der Waals surface area contributed by atoms with Crippen molar-refractivity contribution in [2.45, 2.75) is 0 Å². The molecule has 0 bridgehead atoms. The zero-order valence-electron chi connectivity index (χ0n) is 11.5. The van der Waals surface area contributed by atoms with E-state index in [1.165, 1.54) is 31.6 Å². The van der Waals surface area contributed by atoms with Crippen molar-refractivity contribution in [1.82, 2.24) is 9.97 Å². The van der Waals surface area contributed by atoms with Crippen molar-refractivity contribution in [1.29, 1.82) is 0 Å². The molecule has 7 heteroatoms. The summed E-state index contributed by atoms with van der Waals surface area (Å²) in [5.74, 6) is 0.296. The molecule has 0 amide bonds. The standard InChI is InChI=1S/C15H11ClFN3O2/c1-22-14-5-9-12(6-13(14)21)18-7-19-15(9)20-8-2-3-11(17)10(16)4-8/h2-7,21H,1H3,(H,18,19,20). The molecule has 5 nitrogen and oxygen atoms in total. The van der Waals surface area contributed by atoms with Gasteiger partial charge in [0.05, 0.1) is 17.6 Å². The van der Waals surface area contributed by atoms with Crippen LogP contribution >= 0.6 is 11.6 Å². The van der Waals surface area contributed by atoms with Crippen molar-refractivity contribution in [2.24, 2.45) is 0 Å². The molecule has 2 aromatic carbocycles. The van der Waals surface area contributed by atoms with Crippen LogP contribution in [0, 0.1) is 5.82 Å². The summed E-state index contributed by atoms with van der Waals surface area (Å²) in [6.45, 7) is 0. The van der Waals surface area contributed by atoms with E-state index in [-0.39, 0.29) is 10.8 Å². The highest BCUT2D eigenvalue weighted by atomic mass is 35.5. The van der Waals surface area contributed by atoms with Gasteiger partial charge in [-0.3, -0.25) is 0 Å². The van der Waals surface area contributed by atoms with Crippen LogP contribution in [0.3, 0.4) is 0 Å². The molecule has 3 aromatic rings. The first-order chi connectivity index (χ1) is 10.6. The van der Waals surface area contributed by atoms with Crippen molar-refractivity contribution in [2.75, 3.05) is 12.4 Å². The highest BCUT2D eigenvalue weighted by molar-refractivity contribution is 6.31. The maximum absolute atomic E-state index is 13.2. The average Bonchev–Trinajstić information content (AvgIpc) is 2.50. The molecule has 3 rings (SSSR count). The van der Waals surface area contributed by atoms with Gasteiger partial charge in [-0.2, -0.15) is 0 Å². The molecule has 22 heavy (non-hydrogen) atoms. The van der Waals surface area contributed by atoms with Crippen molar-refractivity contribution in [3.63, 3.8) is 0 Å². The molecule has 0 saturated heterocycles. The fourth-order valence-electron chi connectivity index (χ4n) is 2.05. The maximum atomic E-state index is 13.2. The number of anilines is 2. The largest absolute Gasteiger partial charge is 0.504 e. The summed E-state index contributed by atoms with van der Waals surface area (Å²) in [4.78, 5) is 8.26. The number of ether oxygens (including phenoxy) is 1. The number of rotatable bonds is 3. The van der Waals surface area contributed by atoms with Gasteiger partial charge in [-0.1, -0.05) is 11.6 Å². The van der Waals surface area contributed by atoms with E-state index < -0.39 is 5.82 Å². The number of nitrogens with zero attached hydrogens (tertiary/aromatic N) is 2. The van der Waals surface area contributed by atoms with Gasteiger partial charge in [0.2, 0.25) is 0 Å². The Morgan fingerprint density at radius 1 is 1.23 bits per heavy atom. The quantitative estimate of drug-likeness (QED) is 0.767. The Morgan fingerprint density at radius 2 is 2.05 bits per heavy atom. The predicted octanol–water partition coefficient (Wildman–Crippen LogP) is 3.88. The van der Waals surface area contributed by atoms with Gasteiger partial charge in [-0.25, -0.2) is 14.4 Å². The third kappa shape index (κ3) is 2.60. The smallest absolute Gasteiger partial charge is 0.161 e. The van der Waals surface area contributed by atoms with Crippen LogP contribution in [0.15, 0.2) is 36.7 Å². The Balaban J connectivity index is 2.08. The molecule has 0 saturated carbocycles. The van der Waals surface area contributed by atoms with Crippen LogP contribution in [-0.4, -0.2) is 22.2 Å². The van der Waals surface area contributed by atoms with E-state index in [0.717, 1.165) is 0 Å². The van der Waals surface area contributed by atoms with Gasteiger partial charge in [-0.15, -0.1) is 0 Å². The van der Waals surface area contributed by atoms with E-state index in [4.69, 9.17) is 16.3 Å². The van der Waals surface area contributed by atoms with Crippen LogP contribution in [0.2, 0.25) is 5.02 Å². The van der Waals surface area contributed by atoms with E-state index in [1.807, 2.05) is 0 Å². The highest BCUT2D eigenvalue weighted by Gasteiger charge is 2.10. The zero-order valence-corrected chi connectivity index (χ0v) is 12.2. The first-order valence-electron chi connectivity index (χ1n) is 6.32. The van der Waals surface area contributed by atoms with Gasteiger partial charge in [0.15, 0.2) is 11.5 Å². The Labute approximate surface area is 130 Å². The Bertz CT molecular complexity index is 858. The van der Waals surface area contributed by atoms with Crippen LogP contribution in [0.1, 0.15) is 0 Å². The summed E-state index contributed by atoms with van der Waals surface area (Å²) in [7, 11) is 1.46. The third-order valence-electron chi connectivity index (χ3n) is 3.12. The molecule has 2 N–H and O–H groups in total. The predicted molar refractivity (Wildman–Crippen MR) is 82.4 cm³/mol. The van der Waals surface area contributed by atoms with Crippen LogP contribution in [0.25, 0.3) is 10.9 Å². The van der Waals surface area contributed by atoms with Crippen molar-refractivity contribution < 1.29 is 14.2 Å². The molecule has 1 heterocycles. The third-order valence-corrected chi connectivity index (χ3v) is 3.41. The van der Waals surface area contributed by atoms with Crippen LogP contribution in [0.4, 0.5) is 15.9 Å². The van der Waals surface area contributed by atoms with E-state index in [9.17, 15) is 9.50 Å². The minimum atomic E-state index is -0.494. The van der Waals surface area contributed by atoms with Crippen molar-refractivity contribution in [3.8, 4) is 11.5 Å². The van der Waals surface area contributed by atoms with Gasteiger partial charge in [0, 0.05) is 17.1 Å². The Morgan fingerprint density at radius 3 is 2.77 bits per heavy atom. The second-order valence-electron chi connectivity index (χ2n) is 4.52. The lowest BCUT2D eigenvalue weighted by Gasteiger charge is -2.10. The summed E-state index contributed by atoms with van der Waals surface area (Å²) in [6, 6.07) is 7.38. The lowest BCUT2D eigenvalue weighted by molar-refractivity contribution is 0.374. The second-order valence-corrected chi connectivity index (χ2v) is 4.92. The van der Waals surface area contributed by atoms with Crippen molar-refractivity contribution in [3.05, 3.63) is 47.5 Å². The van der Waals surface area contributed by atoms with Gasteiger partial charge in [-0.05, 0) is 24.3 Å². The number of halogens is 2. The number of nitrogens with one attached hydrogen (secondary N) is 1. The summed E-state index contributed by atoms with van der Waals surface area (Å²) in [5, 5.41) is 13.5. The van der Waals surface area contributed by atoms with Crippen LogP contribution in [0.5, 0.6) is 11.5 Å². The molecule has 0 unspecified atom stereocenters. The SMILES string of the molecule is COc1cc2c(Nc3ccc(F)c(Cl)c3)ncnc2cc1O. The van der Waals surface area contributed by atoms with Gasteiger partial charge < -0.3 is 15.2 Å². The molecule has 0 spiro atoms. The molecule has 0 atom stereocenters. The first kappa shape index (κ1) is 14.3. The molecule has 0 aliphatic carbocycles. The Kier molecular flexibility index (Phi) is 3.68. The molecular formula is C15H11ClFN3O2. The van der Waals surface area contributed by atoms with E-state index in [1.54, 1.807) is 12.1 Å². The maximum Gasteiger partial charge on any atom is 0.161 e. The molecule has 1 aromatic heterocycles. The lowest BCUT2D eigenvalue weighted by atomic mass is 10.2. The summed E-state index contributed by atoms with van der Waals surface area (Å²) in [5.41, 5.74) is 1.13. The molecule has 0 aliphatic rings. The highest BCUT2D eigenvalue weighted by Crippen LogP contribution is 2.33. The molecule has 0 radical (unpaired) electrons. The number of aromatic hydroxyl groups is 1. The van der Waals surface area contributed by atoms with Crippen LogP contribution in [-0.2, 0) is 0 Å². The number of hydrogen-bond acceptors (Lipinski definition) is 5. The number of phenolic OH excluding ortho intramolecular Hbond substituents is 1. The number of phenols is 1. The van der Waals surface area contributed by atoms with Crippen LogP contribution < -0.4 is 10.1 Å². The Hall–Kier alpha value is -2.60. The molecule has 0 fully saturated rings. The summed E-state index contributed by atoms with van der Waals surface area (Å²) < 4.78 is 18.3. The average molecular weight is 320 g/mol. The summed E-state index contributed by atoms with van der Waals surface area (Å²) >= 11 is 5.77. The van der Waals surface area contributed by atoms with Gasteiger partial charge in [0.1, 0.15) is 18.0 Å². The van der Waals surface area contributed by atoms with Crippen molar-refractivity contribution >= 4 is 34.0 Å². The molecule has 112 valence electrons. The zero-order chi connectivity index (χ0) is 15.7. The lowest BCUT2D eigenvalue weighted by Crippen LogP contribution is -1.97. The number of hydrogen-bond donors (Lipinski definition) is 2. The first-order valence-corrected chi connectivity index (χ1v) is 6.70. The van der Waals surface area contributed by atoms with E-state index in [2.05, 4.69) is 15.3 Å². The normalized spacial score (nSPS) is 10.7. The topological polar surface area (TPSA) is 67.3 Å². The van der Waals surface area contributed by atoms with E-state index >= 15 is 0 Å². The summed E-state index contributed by atoms with van der Waals surface area (Å²) in [6.07, 6.45) is 1.36. The van der Waals surface area contributed by atoms with Gasteiger partial charge >= 0.3 is 0 Å². The molecule has 0 aliphatic heterocycles. The molecular weight excluding hydrogens is 309 g/mol.